The minimum Gasteiger partial charge on any atom is -0.495 e. The van der Waals surface area contributed by atoms with Gasteiger partial charge in [-0.3, -0.25) is 4.79 Å². The number of fused-ring (bicyclic) bond motifs is 1. The summed E-state index contributed by atoms with van der Waals surface area (Å²) in [6.07, 6.45) is 1.21. The highest BCUT2D eigenvalue weighted by Crippen LogP contribution is 2.33. The standard InChI is InChI=1S/C21H23ClN4O3S/c1-12-11-30-19-17(12)18(23-10-13-3-4-16(29-2)15(22)9-13)24-21(25-19)26-7-5-14(6-8-26)20(27)28/h3-4,9,11,14H,5-8,10H2,1-2H3,(H,27,28)(H,23,24,25). The fourth-order valence-electron chi connectivity index (χ4n) is 3.67. The normalized spacial score (nSPS) is 14.8. The molecule has 158 valence electrons. The number of thiophene rings is 1. The zero-order valence-electron chi connectivity index (χ0n) is 16.8. The number of benzene rings is 1. The van der Waals surface area contributed by atoms with Crippen LogP contribution >= 0.6 is 22.9 Å². The van der Waals surface area contributed by atoms with Crippen LogP contribution in [0.15, 0.2) is 23.6 Å². The van der Waals surface area contributed by atoms with Gasteiger partial charge in [-0.25, -0.2) is 4.98 Å². The molecule has 1 aromatic carbocycles. The van der Waals surface area contributed by atoms with E-state index < -0.39 is 5.97 Å². The Morgan fingerprint density at radius 1 is 1.37 bits per heavy atom. The van der Waals surface area contributed by atoms with Gasteiger partial charge in [0.2, 0.25) is 5.95 Å². The van der Waals surface area contributed by atoms with Crippen molar-refractivity contribution in [2.45, 2.75) is 26.3 Å². The highest BCUT2D eigenvalue weighted by molar-refractivity contribution is 7.17. The largest absolute Gasteiger partial charge is 0.495 e. The number of piperidine rings is 1. The number of hydrogen-bond donors (Lipinski definition) is 2. The first kappa shape index (κ1) is 20.7. The van der Waals surface area contributed by atoms with Gasteiger partial charge in [-0.15, -0.1) is 11.3 Å². The maximum absolute atomic E-state index is 11.2. The summed E-state index contributed by atoms with van der Waals surface area (Å²) in [6, 6.07) is 5.70. The van der Waals surface area contributed by atoms with E-state index in [1.165, 1.54) is 0 Å². The first-order valence-electron chi connectivity index (χ1n) is 9.76. The molecule has 0 amide bonds. The number of aliphatic carboxylic acids is 1. The van der Waals surface area contributed by atoms with E-state index in [0.29, 0.717) is 49.2 Å². The predicted molar refractivity (Wildman–Crippen MR) is 120 cm³/mol. The maximum Gasteiger partial charge on any atom is 0.306 e. The maximum atomic E-state index is 11.2. The molecule has 0 saturated carbocycles. The Morgan fingerprint density at radius 2 is 2.13 bits per heavy atom. The Kier molecular flexibility index (Phi) is 5.97. The van der Waals surface area contributed by atoms with Crippen molar-refractivity contribution < 1.29 is 14.6 Å². The molecule has 2 aromatic heterocycles. The number of nitrogens with zero attached hydrogens (tertiary/aromatic N) is 3. The number of methoxy groups -OCH3 is 1. The number of aryl methyl sites for hydroxylation is 1. The summed E-state index contributed by atoms with van der Waals surface area (Å²) in [6.45, 7) is 3.89. The fraction of sp³-hybridized carbons (Fsp3) is 0.381. The number of carbonyl (C=O) groups is 1. The average molecular weight is 447 g/mol. The van der Waals surface area contributed by atoms with Gasteiger partial charge in [-0.2, -0.15) is 4.98 Å². The molecule has 0 unspecified atom stereocenters. The quantitative estimate of drug-likeness (QED) is 0.573. The molecule has 4 rings (SSSR count). The van der Waals surface area contributed by atoms with Crippen LogP contribution in [0, 0.1) is 12.8 Å². The minimum absolute atomic E-state index is 0.286. The van der Waals surface area contributed by atoms with E-state index in [-0.39, 0.29) is 5.92 Å². The third-order valence-corrected chi connectivity index (χ3v) is 6.69. The summed E-state index contributed by atoms with van der Waals surface area (Å²) in [5.74, 6) is 1.06. The number of nitrogens with one attached hydrogen (secondary N) is 1. The molecule has 2 N–H and O–H groups in total. The van der Waals surface area contributed by atoms with E-state index in [1.807, 2.05) is 18.2 Å². The van der Waals surface area contributed by atoms with Crippen LogP contribution in [0.5, 0.6) is 5.75 Å². The third-order valence-electron chi connectivity index (χ3n) is 5.41. The molecule has 1 fully saturated rings. The van der Waals surface area contributed by atoms with Gasteiger partial charge in [0.05, 0.1) is 23.4 Å². The number of carboxylic acids is 1. The number of carboxylic acid groups (broad SMARTS) is 1. The zero-order chi connectivity index (χ0) is 21.3. The van der Waals surface area contributed by atoms with Crippen molar-refractivity contribution in [3.8, 4) is 5.75 Å². The van der Waals surface area contributed by atoms with Crippen LogP contribution in [0.1, 0.15) is 24.0 Å². The highest BCUT2D eigenvalue weighted by atomic mass is 35.5. The third kappa shape index (κ3) is 4.15. The molecule has 0 aliphatic carbocycles. The Balaban J connectivity index is 1.58. The molecule has 0 spiro atoms. The van der Waals surface area contributed by atoms with Crippen molar-refractivity contribution >= 4 is 50.9 Å². The lowest BCUT2D eigenvalue weighted by Crippen LogP contribution is -2.37. The Bertz CT molecular complexity index is 1080. The van der Waals surface area contributed by atoms with Gasteiger partial charge in [0.15, 0.2) is 0 Å². The second-order valence-corrected chi connectivity index (χ2v) is 8.66. The van der Waals surface area contributed by atoms with Crippen LogP contribution in [0.3, 0.4) is 0 Å². The van der Waals surface area contributed by atoms with E-state index in [1.54, 1.807) is 18.4 Å². The Hall–Kier alpha value is -2.58. The summed E-state index contributed by atoms with van der Waals surface area (Å²) in [5.41, 5.74) is 2.14. The molecule has 7 nitrogen and oxygen atoms in total. The molecule has 1 aliphatic rings. The van der Waals surface area contributed by atoms with Crippen LogP contribution in [0.4, 0.5) is 11.8 Å². The number of ether oxygens (including phenoxy) is 1. The number of hydrogen-bond acceptors (Lipinski definition) is 7. The molecular formula is C21H23ClN4O3S. The van der Waals surface area contributed by atoms with Crippen molar-refractivity contribution in [1.82, 2.24) is 9.97 Å². The summed E-state index contributed by atoms with van der Waals surface area (Å²) >= 11 is 7.84. The first-order valence-corrected chi connectivity index (χ1v) is 11.0. The second kappa shape index (κ2) is 8.65. The van der Waals surface area contributed by atoms with Gasteiger partial charge in [-0.1, -0.05) is 17.7 Å². The lowest BCUT2D eigenvalue weighted by atomic mass is 9.97. The molecule has 3 heterocycles. The fourth-order valence-corrected chi connectivity index (χ4v) is 4.87. The monoisotopic (exact) mass is 446 g/mol. The van der Waals surface area contributed by atoms with Gasteiger partial charge in [0.1, 0.15) is 16.4 Å². The van der Waals surface area contributed by atoms with Crippen molar-refractivity contribution in [3.63, 3.8) is 0 Å². The lowest BCUT2D eigenvalue weighted by molar-refractivity contribution is -0.142. The van der Waals surface area contributed by atoms with Gasteiger partial charge in [0, 0.05) is 19.6 Å². The molecule has 1 saturated heterocycles. The Morgan fingerprint density at radius 3 is 2.80 bits per heavy atom. The van der Waals surface area contributed by atoms with Crippen molar-refractivity contribution in [2.24, 2.45) is 5.92 Å². The van der Waals surface area contributed by atoms with Crippen molar-refractivity contribution in [2.75, 3.05) is 30.4 Å². The Labute approximate surface area is 183 Å². The summed E-state index contributed by atoms with van der Waals surface area (Å²) in [7, 11) is 1.59. The summed E-state index contributed by atoms with van der Waals surface area (Å²) < 4.78 is 5.22. The average Bonchev–Trinajstić information content (AvgIpc) is 3.13. The van der Waals surface area contributed by atoms with Gasteiger partial charge < -0.3 is 20.1 Å². The molecule has 3 aromatic rings. The number of anilines is 2. The second-order valence-electron chi connectivity index (χ2n) is 7.39. The van der Waals surface area contributed by atoms with Gasteiger partial charge in [0.25, 0.3) is 0 Å². The van der Waals surface area contributed by atoms with E-state index in [2.05, 4.69) is 22.5 Å². The molecule has 0 atom stereocenters. The molecule has 9 heteroatoms. The predicted octanol–water partition coefficient (Wildman–Crippen LogP) is 4.57. The van der Waals surface area contributed by atoms with Crippen LogP contribution in [0.25, 0.3) is 10.2 Å². The molecular weight excluding hydrogens is 424 g/mol. The smallest absolute Gasteiger partial charge is 0.306 e. The summed E-state index contributed by atoms with van der Waals surface area (Å²) in [4.78, 5) is 23.8. The SMILES string of the molecule is COc1ccc(CNc2nc(N3CCC(C(=O)O)CC3)nc3scc(C)c23)cc1Cl. The highest BCUT2D eigenvalue weighted by Gasteiger charge is 2.26. The van der Waals surface area contributed by atoms with Crippen LogP contribution < -0.4 is 15.0 Å². The van der Waals surface area contributed by atoms with E-state index >= 15 is 0 Å². The number of halogens is 1. The molecule has 30 heavy (non-hydrogen) atoms. The van der Waals surface area contributed by atoms with Crippen LogP contribution in [0.2, 0.25) is 5.02 Å². The molecule has 1 aliphatic heterocycles. The van der Waals surface area contributed by atoms with Gasteiger partial charge in [-0.05, 0) is 48.4 Å². The minimum atomic E-state index is -0.722. The number of rotatable bonds is 6. The van der Waals surface area contributed by atoms with E-state index in [0.717, 1.165) is 27.2 Å². The van der Waals surface area contributed by atoms with E-state index in [4.69, 9.17) is 26.3 Å². The lowest BCUT2D eigenvalue weighted by Gasteiger charge is -2.30. The van der Waals surface area contributed by atoms with E-state index in [9.17, 15) is 9.90 Å². The van der Waals surface area contributed by atoms with Crippen LogP contribution in [-0.2, 0) is 11.3 Å². The van der Waals surface area contributed by atoms with Crippen LogP contribution in [-0.4, -0.2) is 41.2 Å². The first-order chi connectivity index (χ1) is 14.5. The topological polar surface area (TPSA) is 87.6 Å². The molecule has 0 bridgehead atoms. The van der Waals surface area contributed by atoms with Crippen molar-refractivity contribution in [1.29, 1.82) is 0 Å². The molecule has 0 radical (unpaired) electrons. The van der Waals surface area contributed by atoms with Crippen molar-refractivity contribution in [3.05, 3.63) is 39.7 Å². The zero-order valence-corrected chi connectivity index (χ0v) is 18.4. The summed E-state index contributed by atoms with van der Waals surface area (Å²) in [5, 5.41) is 16.3. The van der Waals surface area contributed by atoms with Gasteiger partial charge >= 0.3 is 5.97 Å². The number of aromatic nitrogens is 2.